The summed E-state index contributed by atoms with van der Waals surface area (Å²) < 4.78 is 0. The van der Waals surface area contributed by atoms with E-state index in [0.717, 1.165) is 0 Å². The lowest BCUT2D eigenvalue weighted by Crippen LogP contribution is -2.59. The van der Waals surface area contributed by atoms with Gasteiger partial charge >= 0.3 is 11.9 Å². The number of hydrogen-bond donors (Lipinski definition) is 9. The number of likely N-dealkylation sites (tertiary alicyclic amines) is 1. The van der Waals surface area contributed by atoms with E-state index in [1.807, 2.05) is 27.7 Å². The summed E-state index contributed by atoms with van der Waals surface area (Å²) in [5.74, 6) is -8.14. The van der Waals surface area contributed by atoms with E-state index in [2.05, 4.69) is 21.3 Å². The Morgan fingerprint density at radius 3 is 1.90 bits per heavy atom. The van der Waals surface area contributed by atoms with Crippen molar-refractivity contribution in [2.45, 2.75) is 122 Å². The Labute approximate surface area is 286 Å². The van der Waals surface area contributed by atoms with Gasteiger partial charge in [0.25, 0.3) is 0 Å². The molecule has 0 saturated carbocycles. The van der Waals surface area contributed by atoms with E-state index in [4.69, 9.17) is 17.2 Å². The summed E-state index contributed by atoms with van der Waals surface area (Å²) in [5.41, 5.74) is 16.8. The van der Waals surface area contributed by atoms with Crippen LogP contribution in [0.2, 0.25) is 0 Å². The maximum Gasteiger partial charge on any atom is 0.326 e. The molecule has 49 heavy (non-hydrogen) atoms. The summed E-state index contributed by atoms with van der Waals surface area (Å²) in [6.45, 7) is 7.89. The number of rotatable bonds is 22. The van der Waals surface area contributed by atoms with Crippen LogP contribution in [0.3, 0.4) is 0 Å². The number of nitrogens with one attached hydrogen (secondary N) is 4. The number of nitrogens with two attached hydrogens (primary N) is 3. The van der Waals surface area contributed by atoms with Gasteiger partial charge in [-0.3, -0.25) is 33.6 Å². The topological polar surface area (TPSA) is 306 Å². The summed E-state index contributed by atoms with van der Waals surface area (Å²) in [6.07, 6.45) is 0.665. The molecule has 0 aromatic heterocycles. The smallest absolute Gasteiger partial charge is 0.326 e. The molecule has 0 aliphatic carbocycles. The maximum absolute atomic E-state index is 13.7. The van der Waals surface area contributed by atoms with E-state index < -0.39 is 96.5 Å². The van der Waals surface area contributed by atoms with Crippen LogP contribution in [0.5, 0.6) is 0 Å². The summed E-state index contributed by atoms with van der Waals surface area (Å²) in [6, 6.07) is -7.77. The Bertz CT molecular complexity index is 1200. The number of unbranched alkanes of at least 4 members (excludes halogenated alkanes) is 1. The lowest BCUT2D eigenvalue weighted by molar-refractivity contribution is -0.144. The molecule has 1 saturated heterocycles. The van der Waals surface area contributed by atoms with Crippen molar-refractivity contribution in [2.75, 3.05) is 13.1 Å². The number of carboxylic acid groups (broad SMARTS) is 2. The van der Waals surface area contributed by atoms with Gasteiger partial charge in [-0.15, -0.1) is 0 Å². The third-order valence-electron chi connectivity index (χ3n) is 8.33. The highest BCUT2D eigenvalue weighted by Crippen LogP contribution is 2.21. The standard InChI is InChI=1S/C31H54N8O10/c1-5-17(4)25(34)29(46)38-21(13-16(2)3)30(47)39-12-8-10-22(39)28(45)37-19(14-23(33)40)26(43)36-20(15-24(41)42)27(44)35-18(31(48)49)9-6-7-11-32/h16-22,25H,5-15,32,34H2,1-4H3,(H2,33,40)(H,35,44)(H,36,43)(H,37,45)(H,38,46)(H,41,42)(H,48,49)/t17-,18-,19-,20-,21-,22-,25-/m0/s1. The highest BCUT2D eigenvalue weighted by molar-refractivity contribution is 5.98. The highest BCUT2D eigenvalue weighted by atomic mass is 16.4. The zero-order chi connectivity index (χ0) is 37.4. The fourth-order valence-electron chi connectivity index (χ4n) is 5.33. The second-order valence-corrected chi connectivity index (χ2v) is 12.9. The highest BCUT2D eigenvalue weighted by Gasteiger charge is 2.40. The largest absolute Gasteiger partial charge is 0.481 e. The van der Waals surface area contributed by atoms with Crippen molar-refractivity contribution < 1.29 is 48.6 Å². The molecule has 1 aliphatic rings. The number of aliphatic carboxylic acids is 2. The van der Waals surface area contributed by atoms with Gasteiger partial charge in [0.05, 0.1) is 18.9 Å². The van der Waals surface area contributed by atoms with E-state index in [9.17, 15) is 48.6 Å². The molecule has 0 aromatic carbocycles. The third-order valence-corrected chi connectivity index (χ3v) is 8.33. The Morgan fingerprint density at radius 1 is 0.816 bits per heavy atom. The maximum atomic E-state index is 13.7. The minimum absolute atomic E-state index is 0.00461. The molecule has 18 nitrogen and oxygen atoms in total. The number of primary amides is 1. The van der Waals surface area contributed by atoms with Crippen molar-refractivity contribution in [3.63, 3.8) is 0 Å². The number of carboxylic acids is 2. The Balaban J connectivity index is 3.18. The summed E-state index contributed by atoms with van der Waals surface area (Å²) >= 11 is 0. The quantitative estimate of drug-likeness (QED) is 0.0549. The lowest BCUT2D eigenvalue weighted by atomic mass is 9.97. The molecule has 1 heterocycles. The second kappa shape index (κ2) is 20.9. The van der Waals surface area contributed by atoms with Crippen LogP contribution in [0, 0.1) is 11.8 Å². The van der Waals surface area contributed by atoms with Crippen LogP contribution < -0.4 is 38.5 Å². The first-order valence-electron chi connectivity index (χ1n) is 16.6. The normalized spacial score (nSPS) is 17.9. The van der Waals surface area contributed by atoms with Crippen LogP contribution in [0.25, 0.3) is 0 Å². The minimum Gasteiger partial charge on any atom is -0.481 e. The van der Waals surface area contributed by atoms with Gasteiger partial charge in [-0.2, -0.15) is 0 Å². The van der Waals surface area contributed by atoms with Gasteiger partial charge in [0.15, 0.2) is 0 Å². The molecule has 0 unspecified atom stereocenters. The molecule has 0 radical (unpaired) electrons. The summed E-state index contributed by atoms with van der Waals surface area (Å²) in [7, 11) is 0. The van der Waals surface area contributed by atoms with Crippen LogP contribution in [-0.2, 0) is 38.4 Å². The molecule has 18 heteroatoms. The molecule has 6 amide bonds. The molecule has 1 rings (SSSR count). The van der Waals surface area contributed by atoms with Crippen LogP contribution in [0.15, 0.2) is 0 Å². The predicted octanol–water partition coefficient (Wildman–Crippen LogP) is -2.10. The average Bonchev–Trinajstić information content (AvgIpc) is 3.51. The molecule has 0 spiro atoms. The Morgan fingerprint density at radius 2 is 1.39 bits per heavy atom. The van der Waals surface area contributed by atoms with Crippen LogP contribution in [-0.4, -0.2) is 112 Å². The molecule has 0 aromatic rings. The second-order valence-electron chi connectivity index (χ2n) is 12.9. The SMILES string of the molecule is CC[C@H](C)[C@H](N)C(=O)N[C@@H](CC(C)C)C(=O)N1CCC[C@H]1C(=O)N[C@@H](CC(N)=O)C(=O)N[C@@H](CC(=O)O)C(=O)N[C@@H](CCCCN)C(=O)O. The van der Waals surface area contributed by atoms with Crippen LogP contribution >= 0.6 is 0 Å². The first kappa shape index (κ1) is 42.7. The van der Waals surface area contributed by atoms with Crippen molar-refractivity contribution in [3.8, 4) is 0 Å². The number of nitrogens with zero attached hydrogens (tertiary/aromatic N) is 1. The third kappa shape index (κ3) is 14.4. The minimum atomic E-state index is -1.78. The number of carbonyl (C=O) groups is 8. The van der Waals surface area contributed by atoms with Crippen molar-refractivity contribution in [2.24, 2.45) is 29.0 Å². The van der Waals surface area contributed by atoms with Crippen molar-refractivity contribution in [1.82, 2.24) is 26.2 Å². The van der Waals surface area contributed by atoms with Crippen LogP contribution in [0.1, 0.15) is 85.5 Å². The van der Waals surface area contributed by atoms with E-state index in [0.29, 0.717) is 32.2 Å². The van der Waals surface area contributed by atoms with Crippen molar-refractivity contribution in [1.29, 1.82) is 0 Å². The fourth-order valence-corrected chi connectivity index (χ4v) is 5.33. The lowest BCUT2D eigenvalue weighted by Gasteiger charge is -2.31. The van der Waals surface area contributed by atoms with Crippen molar-refractivity contribution in [3.05, 3.63) is 0 Å². The van der Waals surface area contributed by atoms with Gasteiger partial charge in [-0.05, 0) is 56.9 Å². The monoisotopic (exact) mass is 698 g/mol. The van der Waals surface area contributed by atoms with Gasteiger partial charge in [0, 0.05) is 6.54 Å². The first-order valence-corrected chi connectivity index (χ1v) is 16.6. The summed E-state index contributed by atoms with van der Waals surface area (Å²) in [4.78, 5) is 103. The van der Waals surface area contributed by atoms with E-state index in [1.54, 1.807) is 0 Å². The fraction of sp³-hybridized carbons (Fsp3) is 0.742. The zero-order valence-electron chi connectivity index (χ0n) is 28.7. The molecule has 12 N–H and O–H groups in total. The van der Waals surface area contributed by atoms with E-state index in [1.165, 1.54) is 4.90 Å². The number of amides is 6. The molecular formula is C31H54N8O10. The van der Waals surface area contributed by atoms with Crippen molar-refractivity contribution >= 4 is 47.4 Å². The van der Waals surface area contributed by atoms with Gasteiger partial charge in [-0.25, -0.2) is 4.79 Å². The van der Waals surface area contributed by atoms with E-state index in [-0.39, 0.29) is 37.6 Å². The zero-order valence-corrected chi connectivity index (χ0v) is 28.7. The molecule has 278 valence electrons. The number of carbonyl (C=O) groups excluding carboxylic acids is 6. The molecular weight excluding hydrogens is 644 g/mol. The Kier molecular flexibility index (Phi) is 18.2. The summed E-state index contributed by atoms with van der Waals surface area (Å²) in [5, 5.41) is 28.4. The van der Waals surface area contributed by atoms with E-state index >= 15 is 0 Å². The molecule has 0 bridgehead atoms. The first-order chi connectivity index (χ1) is 22.9. The molecule has 1 aliphatic heterocycles. The average molecular weight is 699 g/mol. The van der Waals surface area contributed by atoms with Crippen LogP contribution in [0.4, 0.5) is 0 Å². The van der Waals surface area contributed by atoms with Gasteiger partial charge in [0.1, 0.15) is 30.2 Å². The number of hydrogen-bond acceptors (Lipinski definition) is 10. The molecule has 7 atom stereocenters. The van der Waals surface area contributed by atoms with Gasteiger partial charge < -0.3 is 53.6 Å². The van der Waals surface area contributed by atoms with Gasteiger partial charge in [-0.1, -0.05) is 34.1 Å². The Hall–Kier alpha value is -4.32. The molecule has 1 fully saturated rings. The predicted molar refractivity (Wildman–Crippen MR) is 176 cm³/mol. The van der Waals surface area contributed by atoms with Gasteiger partial charge in [0.2, 0.25) is 35.4 Å².